The summed E-state index contributed by atoms with van der Waals surface area (Å²) >= 11 is 12.7. The number of rotatable bonds is 0. The molecule has 0 fully saturated rings. The molecule has 4 aliphatic heterocycles. The van der Waals surface area contributed by atoms with E-state index < -0.39 is 5.91 Å². The Morgan fingerprint density at radius 2 is 1.76 bits per heavy atom. The number of aryl methyl sites for hydroxylation is 1. The Hall–Kier alpha value is -3.86. The van der Waals surface area contributed by atoms with Gasteiger partial charge >= 0.3 is 0 Å². The molecule has 0 spiro atoms. The van der Waals surface area contributed by atoms with Gasteiger partial charge in [-0.15, -0.1) is 0 Å². The molecule has 4 aliphatic rings. The van der Waals surface area contributed by atoms with E-state index in [-0.39, 0.29) is 40.6 Å². The molecule has 4 bridgehead atoms. The summed E-state index contributed by atoms with van der Waals surface area (Å²) in [6, 6.07) is 10.4. The van der Waals surface area contributed by atoms with Crippen LogP contribution in [-0.4, -0.2) is 42.6 Å². The van der Waals surface area contributed by atoms with Crippen molar-refractivity contribution < 1.29 is 18.8 Å². The number of nitrogens with zero attached hydrogens (tertiary/aromatic N) is 2. The molecule has 1 aromatic heterocycles. The third-order valence-corrected chi connectivity index (χ3v) is 6.14. The minimum absolute atomic E-state index is 0.0891. The highest BCUT2D eigenvalue weighted by Crippen LogP contribution is 2.32. The van der Waals surface area contributed by atoms with E-state index in [1.165, 1.54) is 0 Å². The zero-order valence-corrected chi connectivity index (χ0v) is 22.0. The molecule has 198 valence electrons. The van der Waals surface area contributed by atoms with E-state index in [1.54, 1.807) is 43.3 Å². The summed E-state index contributed by atoms with van der Waals surface area (Å²) in [7, 11) is 0. The van der Waals surface area contributed by atoms with E-state index in [0.29, 0.717) is 53.6 Å². The number of aromatic nitrogens is 1. The molecule has 10 nitrogen and oxygen atoms in total. The number of carbonyl (C=O) groups is 2. The van der Waals surface area contributed by atoms with Crippen molar-refractivity contribution in [2.75, 3.05) is 25.0 Å². The van der Waals surface area contributed by atoms with Crippen molar-refractivity contribution in [2.24, 2.45) is 10.7 Å². The van der Waals surface area contributed by atoms with Gasteiger partial charge in [-0.1, -0.05) is 40.5 Å². The lowest BCUT2D eigenvalue weighted by atomic mass is 10.1. The average Bonchev–Trinajstić information content (AvgIpc) is 3.27. The molecule has 2 aromatic carbocycles. The van der Waals surface area contributed by atoms with Crippen LogP contribution in [-0.2, 0) is 11.3 Å². The molecule has 5 N–H and O–H groups in total. The van der Waals surface area contributed by atoms with Gasteiger partial charge in [-0.05, 0) is 61.9 Å². The monoisotopic (exact) mass is 556 g/mol. The lowest BCUT2D eigenvalue weighted by molar-refractivity contribution is -0.115. The highest BCUT2D eigenvalue weighted by Gasteiger charge is 2.22. The number of amides is 2. The third-order valence-electron chi connectivity index (χ3n) is 5.54. The van der Waals surface area contributed by atoms with E-state index in [2.05, 4.69) is 26.1 Å². The van der Waals surface area contributed by atoms with Gasteiger partial charge in [0.1, 0.15) is 29.4 Å². The van der Waals surface area contributed by atoms with Crippen molar-refractivity contribution in [3.05, 3.63) is 75.5 Å². The van der Waals surface area contributed by atoms with Crippen molar-refractivity contribution in [3.63, 3.8) is 0 Å². The largest absolute Gasteiger partial charge is 0.490 e. The van der Waals surface area contributed by atoms with E-state index in [9.17, 15) is 9.59 Å². The van der Waals surface area contributed by atoms with Crippen molar-refractivity contribution in [1.29, 1.82) is 0 Å². The van der Waals surface area contributed by atoms with Crippen molar-refractivity contribution >= 4 is 46.7 Å². The first-order chi connectivity index (χ1) is 18.3. The highest BCUT2D eigenvalue weighted by molar-refractivity contribution is 6.39. The van der Waals surface area contributed by atoms with Crippen LogP contribution in [0.1, 0.15) is 28.1 Å². The molecule has 0 atom stereocenters. The Morgan fingerprint density at radius 3 is 2.50 bits per heavy atom. The van der Waals surface area contributed by atoms with Gasteiger partial charge in [0.05, 0.1) is 28.8 Å². The number of hydrogen-bond donors (Lipinski definition) is 4. The SMILES string of the molecule is Cc1onc2c1C(=O)NC(N)=NCc1cc(Cl)c(c(Cl)c1)NC(=O)CNCCC=CCOc1ccc-2cc1. The van der Waals surface area contributed by atoms with Gasteiger partial charge in [0.15, 0.2) is 5.96 Å². The first-order valence-corrected chi connectivity index (χ1v) is 12.5. The second kappa shape index (κ2) is 12.6. The quantitative estimate of drug-likeness (QED) is 0.305. The Balaban J connectivity index is 1.59. The number of nitrogens with two attached hydrogens (primary N) is 1. The molecule has 0 radical (unpaired) electrons. The van der Waals surface area contributed by atoms with Crippen LogP contribution >= 0.6 is 23.2 Å². The lowest BCUT2D eigenvalue weighted by Gasteiger charge is -2.12. The van der Waals surface area contributed by atoms with Crippen molar-refractivity contribution in [3.8, 4) is 17.0 Å². The molecule has 12 heteroatoms. The van der Waals surface area contributed by atoms with Gasteiger partial charge in [-0.2, -0.15) is 0 Å². The summed E-state index contributed by atoms with van der Waals surface area (Å²) in [5.41, 5.74) is 8.20. The summed E-state index contributed by atoms with van der Waals surface area (Å²) in [5, 5.41) is 12.9. The molecule has 0 saturated carbocycles. The normalized spacial score (nSPS) is 15.5. The number of benzene rings is 2. The van der Waals surface area contributed by atoms with E-state index in [1.807, 2.05) is 12.2 Å². The molecule has 5 heterocycles. The molecular weight excluding hydrogens is 531 g/mol. The summed E-state index contributed by atoms with van der Waals surface area (Å²) in [6.45, 7) is 2.80. The van der Waals surface area contributed by atoms with Crippen LogP contribution in [0.25, 0.3) is 11.3 Å². The Labute approximate surface area is 229 Å². The van der Waals surface area contributed by atoms with Crippen LogP contribution in [0.2, 0.25) is 10.0 Å². The zero-order valence-electron chi connectivity index (χ0n) is 20.5. The Morgan fingerprint density at radius 1 is 1.03 bits per heavy atom. The van der Waals surface area contributed by atoms with E-state index in [4.69, 9.17) is 38.2 Å². The highest BCUT2D eigenvalue weighted by atomic mass is 35.5. The van der Waals surface area contributed by atoms with Crippen molar-refractivity contribution in [1.82, 2.24) is 15.8 Å². The predicted octanol–water partition coefficient (Wildman–Crippen LogP) is 4.07. The minimum Gasteiger partial charge on any atom is -0.490 e. The number of hydrogen-bond acceptors (Lipinski definition) is 8. The molecule has 0 saturated heterocycles. The average molecular weight is 557 g/mol. The summed E-state index contributed by atoms with van der Waals surface area (Å²) < 4.78 is 11.0. The second-order valence-corrected chi connectivity index (χ2v) is 9.19. The van der Waals surface area contributed by atoms with Crippen LogP contribution < -0.4 is 26.4 Å². The van der Waals surface area contributed by atoms with Gasteiger partial charge in [-0.3, -0.25) is 14.9 Å². The smallest absolute Gasteiger partial charge is 0.263 e. The zero-order chi connectivity index (χ0) is 27.1. The summed E-state index contributed by atoms with van der Waals surface area (Å²) in [5.74, 6) is 0.0822. The number of aliphatic imine (C=N–C) groups is 1. The Bertz CT molecular complexity index is 1360. The summed E-state index contributed by atoms with van der Waals surface area (Å²) in [6.07, 6.45) is 4.57. The van der Waals surface area contributed by atoms with E-state index >= 15 is 0 Å². The van der Waals surface area contributed by atoms with Gasteiger partial charge < -0.3 is 25.6 Å². The number of carbonyl (C=O) groups excluding carboxylic acids is 2. The van der Waals surface area contributed by atoms with Crippen LogP contribution in [0.15, 0.2) is 58.1 Å². The van der Waals surface area contributed by atoms with Crippen molar-refractivity contribution in [2.45, 2.75) is 19.9 Å². The first kappa shape index (κ1) is 27.2. The standard InChI is InChI=1S/C26H26Cl2N6O4/c1-15-22-23(34-38-15)17-5-7-18(8-6-17)37-10-4-2-3-9-30-14-21(35)32-24-19(27)11-16(12-20(24)28)13-31-26(29)33-25(22)36/h2,4-8,11-12,30H,3,9-10,13-14H2,1H3,(H,32,35)(H3,29,31,33,36). The number of nitrogens with one attached hydrogen (secondary N) is 3. The van der Waals surface area contributed by atoms with Gasteiger partial charge in [0, 0.05) is 5.56 Å². The molecule has 7 rings (SSSR count). The maximum atomic E-state index is 13.0. The molecule has 2 amide bonds. The lowest BCUT2D eigenvalue weighted by Crippen LogP contribution is -2.37. The number of ether oxygens (including phenoxy) is 1. The topological polar surface area (TPSA) is 144 Å². The summed E-state index contributed by atoms with van der Waals surface area (Å²) in [4.78, 5) is 29.5. The minimum atomic E-state index is -0.515. The van der Waals surface area contributed by atoms with Crippen LogP contribution in [0, 0.1) is 6.92 Å². The molecule has 3 aromatic rings. The van der Waals surface area contributed by atoms with E-state index in [0.717, 1.165) is 0 Å². The molecule has 0 unspecified atom stereocenters. The number of guanidine groups is 1. The predicted molar refractivity (Wildman–Crippen MR) is 147 cm³/mol. The van der Waals surface area contributed by atoms with Crippen LogP contribution in [0.3, 0.4) is 0 Å². The fraction of sp³-hybridized carbons (Fsp3) is 0.231. The Kier molecular flexibility index (Phi) is 9.01. The van der Waals surface area contributed by atoms with Crippen LogP contribution in [0.4, 0.5) is 5.69 Å². The molecule has 38 heavy (non-hydrogen) atoms. The van der Waals surface area contributed by atoms with Gasteiger partial charge in [-0.25, -0.2) is 4.99 Å². The maximum Gasteiger partial charge on any atom is 0.263 e. The maximum absolute atomic E-state index is 13.0. The number of halogens is 2. The molecular formula is C26H26Cl2N6O4. The van der Waals surface area contributed by atoms with Gasteiger partial charge in [0.25, 0.3) is 5.91 Å². The fourth-order valence-corrected chi connectivity index (χ4v) is 4.30. The first-order valence-electron chi connectivity index (χ1n) is 11.8. The molecule has 0 aliphatic carbocycles. The number of anilines is 1. The second-order valence-electron chi connectivity index (χ2n) is 8.37. The van der Waals surface area contributed by atoms with Gasteiger partial charge in [0.2, 0.25) is 5.91 Å². The fourth-order valence-electron chi connectivity index (χ4n) is 3.68. The van der Waals surface area contributed by atoms with Crippen LogP contribution in [0.5, 0.6) is 5.75 Å². The third kappa shape index (κ3) is 6.91.